The molecule has 0 bridgehead atoms. The number of rotatable bonds is 2. The highest BCUT2D eigenvalue weighted by atomic mass is 16.2. The van der Waals surface area contributed by atoms with Gasteiger partial charge in [-0.2, -0.15) is 10.1 Å². The molecule has 1 aliphatic carbocycles. The summed E-state index contributed by atoms with van der Waals surface area (Å²) in [4.78, 5) is 16.0. The lowest BCUT2D eigenvalue weighted by Gasteiger charge is -2.13. The molecule has 1 aliphatic rings. The maximum absolute atomic E-state index is 11.9. The number of nitrogens with zero attached hydrogens (tertiary/aromatic N) is 3. The summed E-state index contributed by atoms with van der Waals surface area (Å²) in [5.74, 6) is 0. The molecule has 5 heteroatoms. The molecule has 0 fully saturated rings. The third kappa shape index (κ3) is 4.03. The van der Waals surface area contributed by atoms with Gasteiger partial charge in [-0.25, -0.2) is 4.79 Å². The molecule has 0 saturated carbocycles. The summed E-state index contributed by atoms with van der Waals surface area (Å²) in [7, 11) is 0. The van der Waals surface area contributed by atoms with Gasteiger partial charge < -0.3 is 5.32 Å². The van der Waals surface area contributed by atoms with Crippen LogP contribution in [0, 0.1) is 6.92 Å². The van der Waals surface area contributed by atoms with Crippen LogP contribution in [-0.4, -0.2) is 15.8 Å². The lowest BCUT2D eigenvalue weighted by molar-refractivity contribution is 0.259. The highest BCUT2D eigenvalue weighted by Gasteiger charge is 2.04. The zero-order chi connectivity index (χ0) is 16.1. The van der Waals surface area contributed by atoms with Crippen molar-refractivity contribution in [1.82, 2.24) is 9.78 Å². The molecule has 1 aromatic heterocycles. The largest absolute Gasteiger partial charge is 0.345 e. The molecule has 3 rings (SSSR count). The minimum atomic E-state index is -0.410. The number of aryl methyl sites for hydroxylation is 1. The maximum atomic E-state index is 11.9. The predicted molar refractivity (Wildman–Crippen MR) is 89.9 cm³/mol. The number of carbonyl (C=O) groups excluding carboxylic acids is 1. The zero-order valence-corrected chi connectivity index (χ0v) is 12.9. The van der Waals surface area contributed by atoms with Crippen LogP contribution < -0.4 is 10.7 Å². The molecule has 0 spiro atoms. The molecular weight excluding hydrogens is 288 g/mol. The second-order valence-corrected chi connectivity index (χ2v) is 5.36. The minimum Gasteiger partial charge on any atom is -0.306 e. The van der Waals surface area contributed by atoms with E-state index < -0.39 is 6.03 Å². The fourth-order valence-corrected chi connectivity index (χ4v) is 2.35. The number of benzene rings is 1. The summed E-state index contributed by atoms with van der Waals surface area (Å²) in [6.07, 6.45) is 12.8. The first-order valence-corrected chi connectivity index (χ1v) is 7.51. The number of urea groups is 1. The van der Waals surface area contributed by atoms with Crippen molar-refractivity contribution in [2.45, 2.75) is 19.4 Å². The van der Waals surface area contributed by atoms with Gasteiger partial charge in [0.2, 0.25) is 0 Å². The van der Waals surface area contributed by atoms with Crippen LogP contribution in [0.5, 0.6) is 0 Å². The quantitative estimate of drug-likeness (QED) is 0.865. The van der Waals surface area contributed by atoms with E-state index >= 15 is 0 Å². The lowest BCUT2D eigenvalue weighted by atomic mass is 10.1. The fraction of sp³-hybridized carbons (Fsp3) is 0.167. The average molecular weight is 306 g/mol. The van der Waals surface area contributed by atoms with Gasteiger partial charge >= 0.3 is 6.03 Å². The molecular formula is C18H18N4O. The zero-order valence-electron chi connectivity index (χ0n) is 12.9. The number of anilines is 1. The van der Waals surface area contributed by atoms with Crippen molar-refractivity contribution >= 4 is 11.7 Å². The standard InChI is InChI=1S/C18H18N4O/c1-14-6-5-7-15(12-14)20-18(23)21-16-10-11-22(19-13-16)17-8-3-2-4-9-17/h3-13,17H,2H2,1H3,(H,20,23). The van der Waals surface area contributed by atoms with Crippen molar-refractivity contribution in [3.8, 4) is 0 Å². The summed E-state index contributed by atoms with van der Waals surface area (Å²) in [6.45, 7) is 1.97. The van der Waals surface area contributed by atoms with Crippen molar-refractivity contribution in [3.63, 3.8) is 0 Å². The van der Waals surface area contributed by atoms with Crippen LogP contribution in [0.25, 0.3) is 0 Å². The van der Waals surface area contributed by atoms with Crippen LogP contribution in [0.3, 0.4) is 0 Å². The van der Waals surface area contributed by atoms with Gasteiger partial charge in [-0.15, -0.1) is 0 Å². The number of nitrogens with one attached hydrogen (secondary N) is 1. The van der Waals surface area contributed by atoms with Gasteiger partial charge in [-0.1, -0.05) is 36.4 Å². The van der Waals surface area contributed by atoms with Gasteiger partial charge in [0, 0.05) is 11.9 Å². The summed E-state index contributed by atoms with van der Waals surface area (Å²) in [5.41, 5.74) is 1.81. The number of amides is 2. The van der Waals surface area contributed by atoms with Crippen molar-refractivity contribution in [2.24, 2.45) is 4.99 Å². The van der Waals surface area contributed by atoms with Crippen LogP contribution in [0.1, 0.15) is 18.0 Å². The Morgan fingerprint density at radius 2 is 2.13 bits per heavy atom. The van der Waals surface area contributed by atoms with Gasteiger partial charge in [0.15, 0.2) is 0 Å². The summed E-state index contributed by atoms with van der Waals surface area (Å²) >= 11 is 0. The number of carbonyl (C=O) groups is 1. The second kappa shape index (κ2) is 6.87. The Labute approximate surface area is 134 Å². The van der Waals surface area contributed by atoms with E-state index in [4.69, 9.17) is 0 Å². The molecule has 1 aromatic carbocycles. The molecule has 5 nitrogen and oxygen atoms in total. The average Bonchev–Trinajstić information content (AvgIpc) is 2.56. The van der Waals surface area contributed by atoms with Crippen LogP contribution in [0.4, 0.5) is 10.5 Å². The van der Waals surface area contributed by atoms with E-state index in [-0.39, 0.29) is 6.04 Å². The normalized spacial score (nSPS) is 14.9. The van der Waals surface area contributed by atoms with Crippen LogP contribution >= 0.6 is 0 Å². The first kappa shape index (κ1) is 15.0. The number of hydrogen-bond donors (Lipinski definition) is 1. The number of allylic oxidation sites excluding steroid dienone is 4. The molecule has 1 N–H and O–H groups in total. The lowest BCUT2D eigenvalue weighted by Crippen LogP contribution is -2.17. The van der Waals surface area contributed by atoms with Crippen molar-refractivity contribution in [2.75, 3.05) is 5.32 Å². The molecule has 116 valence electrons. The first-order chi connectivity index (χ1) is 11.2. The topological polar surface area (TPSA) is 59.3 Å². The third-order valence-corrected chi connectivity index (χ3v) is 3.47. The van der Waals surface area contributed by atoms with Gasteiger partial charge in [-0.05, 0) is 37.1 Å². The Hall–Kier alpha value is -2.95. The fourth-order valence-electron chi connectivity index (χ4n) is 2.35. The highest BCUT2D eigenvalue weighted by molar-refractivity contribution is 5.89. The van der Waals surface area contributed by atoms with Gasteiger partial charge in [0.25, 0.3) is 0 Å². The maximum Gasteiger partial charge on any atom is 0.345 e. The van der Waals surface area contributed by atoms with Crippen molar-refractivity contribution in [3.05, 3.63) is 78.0 Å². The molecule has 1 heterocycles. The van der Waals surface area contributed by atoms with E-state index in [1.54, 1.807) is 12.3 Å². The summed E-state index contributed by atoms with van der Waals surface area (Å²) < 4.78 is 1.82. The van der Waals surface area contributed by atoms with E-state index in [1.165, 1.54) is 0 Å². The first-order valence-electron chi connectivity index (χ1n) is 7.51. The third-order valence-electron chi connectivity index (χ3n) is 3.47. The van der Waals surface area contributed by atoms with E-state index in [0.717, 1.165) is 17.7 Å². The van der Waals surface area contributed by atoms with Gasteiger partial charge in [0.1, 0.15) is 0 Å². The molecule has 0 unspecified atom stereocenters. The molecule has 0 radical (unpaired) electrons. The summed E-state index contributed by atoms with van der Waals surface area (Å²) in [5, 5.41) is 7.59. The van der Waals surface area contributed by atoms with Crippen LogP contribution in [0.15, 0.2) is 72.0 Å². The molecule has 0 aliphatic heterocycles. The molecule has 0 saturated heterocycles. The van der Waals surface area contributed by atoms with Crippen molar-refractivity contribution in [1.29, 1.82) is 0 Å². The van der Waals surface area contributed by atoms with E-state index in [1.807, 2.05) is 42.1 Å². The van der Waals surface area contributed by atoms with E-state index in [0.29, 0.717) is 5.36 Å². The second-order valence-electron chi connectivity index (χ2n) is 5.36. The number of hydrogen-bond acceptors (Lipinski definition) is 2. The Morgan fingerprint density at radius 1 is 1.30 bits per heavy atom. The Balaban J connectivity index is 1.72. The smallest absolute Gasteiger partial charge is 0.306 e. The minimum absolute atomic E-state index is 0.124. The van der Waals surface area contributed by atoms with E-state index in [9.17, 15) is 4.79 Å². The number of aromatic nitrogens is 2. The highest BCUT2D eigenvalue weighted by Crippen LogP contribution is 2.13. The molecule has 2 amide bonds. The Bertz CT molecular complexity index is 800. The SMILES string of the molecule is Cc1cccc(NC(=O)N=c2ccn(C3C=CCC=C3)nc2)c1. The van der Waals surface area contributed by atoms with Gasteiger partial charge in [0.05, 0.1) is 17.6 Å². The van der Waals surface area contributed by atoms with E-state index in [2.05, 4.69) is 39.7 Å². The monoisotopic (exact) mass is 306 g/mol. The molecule has 23 heavy (non-hydrogen) atoms. The van der Waals surface area contributed by atoms with Crippen LogP contribution in [0.2, 0.25) is 0 Å². The molecule has 2 aromatic rings. The van der Waals surface area contributed by atoms with Crippen molar-refractivity contribution < 1.29 is 4.79 Å². The Kier molecular flexibility index (Phi) is 4.47. The van der Waals surface area contributed by atoms with Crippen LogP contribution in [-0.2, 0) is 0 Å². The van der Waals surface area contributed by atoms with Gasteiger partial charge in [-0.3, -0.25) is 4.68 Å². The Morgan fingerprint density at radius 3 is 2.83 bits per heavy atom. The predicted octanol–water partition coefficient (Wildman–Crippen LogP) is 3.38. The summed E-state index contributed by atoms with van der Waals surface area (Å²) in [6, 6.07) is 9.08. The molecule has 0 atom stereocenters.